The summed E-state index contributed by atoms with van der Waals surface area (Å²) in [6.07, 6.45) is 0.805. The van der Waals surface area contributed by atoms with Crippen LogP contribution in [0.5, 0.6) is 0 Å². The van der Waals surface area contributed by atoms with Crippen molar-refractivity contribution in [2.45, 2.75) is 95.7 Å². The highest BCUT2D eigenvalue weighted by atomic mass is 16.9. The quantitative estimate of drug-likeness (QED) is 0.855. The number of aliphatic hydroxyl groups excluding tert-OH is 1. The highest BCUT2D eigenvalue weighted by Crippen LogP contribution is 2.49. The lowest BCUT2D eigenvalue weighted by molar-refractivity contribution is -0.285. The van der Waals surface area contributed by atoms with Crippen molar-refractivity contribution in [3.05, 3.63) is 0 Å². The summed E-state index contributed by atoms with van der Waals surface area (Å²) in [5, 5.41) is 9.90. The summed E-state index contributed by atoms with van der Waals surface area (Å²) in [4.78, 5) is 0. The van der Waals surface area contributed by atoms with Crippen molar-refractivity contribution < 1.29 is 28.8 Å². The Bertz CT molecular complexity index is 423. The summed E-state index contributed by atoms with van der Waals surface area (Å²) < 4.78 is 30.2. The normalized spacial score (nSPS) is 43.6. The van der Waals surface area contributed by atoms with Gasteiger partial charge >= 0.3 is 0 Å². The molecule has 3 saturated heterocycles. The summed E-state index contributed by atoms with van der Waals surface area (Å²) >= 11 is 0. The maximum Gasteiger partial charge on any atom is 0.200 e. The van der Waals surface area contributed by atoms with Gasteiger partial charge in [0.1, 0.15) is 18.3 Å². The second kappa shape index (κ2) is 5.40. The monoisotopic (exact) mass is 316 g/mol. The first-order valence-corrected chi connectivity index (χ1v) is 8.22. The Labute approximate surface area is 132 Å². The Morgan fingerprint density at radius 1 is 1.09 bits per heavy atom. The lowest BCUT2D eigenvalue weighted by Crippen LogP contribution is -2.58. The molecule has 3 aliphatic rings. The first kappa shape index (κ1) is 16.6. The average Bonchev–Trinajstić information content (AvgIpc) is 2.87. The smallest absolute Gasteiger partial charge is 0.200 e. The van der Waals surface area contributed by atoms with Crippen LogP contribution in [0.15, 0.2) is 0 Å². The maximum absolute atomic E-state index is 9.90. The van der Waals surface area contributed by atoms with E-state index in [2.05, 4.69) is 0 Å². The van der Waals surface area contributed by atoms with Crippen molar-refractivity contribution >= 4 is 0 Å². The lowest BCUT2D eigenvalue weighted by Gasteiger charge is -2.41. The standard InChI is InChI=1S/C16H28O6/c1-6-10(17)7-8-16-13(21-15(4,5)22-16)12-11(9-18-16)19-14(2,3)20-12/h10-13,17H,6-9H2,1-5H3/t10-,11-,12-,13+,16+/m1/s1. The second-order valence-corrected chi connectivity index (χ2v) is 7.40. The third kappa shape index (κ3) is 2.92. The van der Waals surface area contributed by atoms with Gasteiger partial charge in [0, 0.05) is 6.42 Å². The van der Waals surface area contributed by atoms with Crippen LogP contribution in [-0.4, -0.2) is 53.5 Å². The van der Waals surface area contributed by atoms with E-state index in [1.807, 2.05) is 34.6 Å². The van der Waals surface area contributed by atoms with E-state index in [1.165, 1.54) is 0 Å². The van der Waals surface area contributed by atoms with Crippen molar-refractivity contribution in [3.8, 4) is 0 Å². The van der Waals surface area contributed by atoms with Gasteiger partial charge in [-0.3, -0.25) is 0 Å². The molecule has 0 bridgehead atoms. The molecule has 3 fully saturated rings. The molecule has 0 aromatic carbocycles. The van der Waals surface area contributed by atoms with Gasteiger partial charge in [0.2, 0.25) is 5.79 Å². The summed E-state index contributed by atoms with van der Waals surface area (Å²) in [7, 11) is 0. The van der Waals surface area contributed by atoms with Crippen molar-refractivity contribution in [2.24, 2.45) is 0 Å². The van der Waals surface area contributed by atoms with Crippen LogP contribution in [-0.2, 0) is 23.7 Å². The van der Waals surface area contributed by atoms with Crippen LogP contribution in [0.25, 0.3) is 0 Å². The summed E-state index contributed by atoms with van der Waals surface area (Å²) in [5.74, 6) is -2.26. The molecule has 5 atom stereocenters. The molecule has 0 spiro atoms. The third-order valence-electron chi connectivity index (χ3n) is 4.57. The number of rotatable bonds is 4. The zero-order valence-electron chi connectivity index (χ0n) is 14.1. The molecule has 0 radical (unpaired) electrons. The number of hydrogen-bond donors (Lipinski definition) is 1. The molecular weight excluding hydrogens is 288 g/mol. The molecule has 3 rings (SSSR count). The number of hydrogen-bond acceptors (Lipinski definition) is 6. The van der Waals surface area contributed by atoms with Gasteiger partial charge in [-0.25, -0.2) is 0 Å². The summed E-state index contributed by atoms with van der Waals surface area (Å²) in [6.45, 7) is 9.92. The Morgan fingerprint density at radius 2 is 1.82 bits per heavy atom. The predicted molar refractivity (Wildman–Crippen MR) is 78.1 cm³/mol. The van der Waals surface area contributed by atoms with E-state index in [4.69, 9.17) is 23.7 Å². The zero-order chi connectivity index (χ0) is 16.2. The number of ether oxygens (including phenoxy) is 5. The van der Waals surface area contributed by atoms with Gasteiger partial charge in [-0.2, -0.15) is 0 Å². The van der Waals surface area contributed by atoms with Crippen LogP contribution in [0.3, 0.4) is 0 Å². The van der Waals surface area contributed by atoms with Crippen LogP contribution >= 0.6 is 0 Å². The molecule has 0 amide bonds. The Hall–Kier alpha value is -0.240. The zero-order valence-corrected chi connectivity index (χ0v) is 14.1. The van der Waals surface area contributed by atoms with E-state index in [1.54, 1.807) is 0 Å². The third-order valence-corrected chi connectivity index (χ3v) is 4.57. The van der Waals surface area contributed by atoms with E-state index < -0.39 is 17.4 Å². The van der Waals surface area contributed by atoms with Crippen LogP contribution in [0.1, 0.15) is 53.9 Å². The predicted octanol–water partition coefficient (Wildman–Crippen LogP) is 1.94. The molecule has 6 heteroatoms. The van der Waals surface area contributed by atoms with E-state index >= 15 is 0 Å². The minimum atomic E-state index is -0.870. The summed E-state index contributed by atoms with van der Waals surface area (Å²) in [6, 6.07) is 0. The van der Waals surface area contributed by atoms with Crippen LogP contribution in [0.4, 0.5) is 0 Å². The molecule has 22 heavy (non-hydrogen) atoms. The average molecular weight is 316 g/mol. The SMILES string of the molecule is CC[C@@H](O)CC[C@@]12OC[C@H]3OC(C)(C)O[C@H]3[C@@H]1OC(C)(C)O2. The van der Waals surface area contributed by atoms with Gasteiger partial charge in [-0.1, -0.05) is 6.92 Å². The molecule has 0 aliphatic carbocycles. The largest absolute Gasteiger partial charge is 0.393 e. The second-order valence-electron chi connectivity index (χ2n) is 7.40. The van der Waals surface area contributed by atoms with E-state index in [0.717, 1.165) is 0 Å². The van der Waals surface area contributed by atoms with Gasteiger partial charge < -0.3 is 28.8 Å². The molecule has 6 nitrogen and oxygen atoms in total. The molecular formula is C16H28O6. The lowest BCUT2D eigenvalue weighted by atomic mass is 9.92. The fourth-order valence-corrected chi connectivity index (χ4v) is 3.63. The summed E-state index contributed by atoms with van der Waals surface area (Å²) in [5.41, 5.74) is 0. The fourth-order valence-electron chi connectivity index (χ4n) is 3.63. The van der Waals surface area contributed by atoms with Crippen molar-refractivity contribution in [2.75, 3.05) is 6.61 Å². The minimum Gasteiger partial charge on any atom is -0.393 e. The molecule has 0 unspecified atom stereocenters. The van der Waals surface area contributed by atoms with Crippen LogP contribution in [0.2, 0.25) is 0 Å². The first-order valence-electron chi connectivity index (χ1n) is 8.22. The Balaban J connectivity index is 1.81. The van der Waals surface area contributed by atoms with E-state index in [0.29, 0.717) is 25.9 Å². The molecule has 3 aliphatic heterocycles. The molecule has 0 aromatic rings. The van der Waals surface area contributed by atoms with Gasteiger partial charge in [-0.15, -0.1) is 0 Å². The Kier molecular flexibility index (Phi) is 4.07. The van der Waals surface area contributed by atoms with E-state index in [-0.39, 0.29) is 24.4 Å². The maximum atomic E-state index is 9.90. The molecule has 0 aromatic heterocycles. The number of aliphatic hydroxyl groups is 1. The Morgan fingerprint density at radius 3 is 2.50 bits per heavy atom. The molecule has 3 heterocycles. The highest BCUT2D eigenvalue weighted by molar-refractivity contribution is 5.03. The highest BCUT2D eigenvalue weighted by Gasteiger charge is 2.64. The van der Waals surface area contributed by atoms with Crippen LogP contribution in [0, 0.1) is 0 Å². The van der Waals surface area contributed by atoms with Gasteiger partial charge in [-0.05, 0) is 40.5 Å². The molecule has 0 saturated carbocycles. The molecule has 1 N–H and O–H groups in total. The van der Waals surface area contributed by atoms with Crippen molar-refractivity contribution in [1.29, 1.82) is 0 Å². The molecule has 128 valence electrons. The van der Waals surface area contributed by atoms with Crippen LogP contribution < -0.4 is 0 Å². The topological polar surface area (TPSA) is 66.4 Å². The van der Waals surface area contributed by atoms with Gasteiger partial charge in [0.15, 0.2) is 11.6 Å². The van der Waals surface area contributed by atoms with Gasteiger partial charge in [0.05, 0.1) is 12.7 Å². The number of fused-ring (bicyclic) bond motifs is 3. The minimum absolute atomic E-state index is 0.151. The van der Waals surface area contributed by atoms with E-state index in [9.17, 15) is 5.11 Å². The van der Waals surface area contributed by atoms with Crippen molar-refractivity contribution in [1.82, 2.24) is 0 Å². The van der Waals surface area contributed by atoms with Gasteiger partial charge in [0.25, 0.3) is 0 Å². The first-order chi connectivity index (χ1) is 10.2. The van der Waals surface area contributed by atoms with Crippen molar-refractivity contribution in [3.63, 3.8) is 0 Å². The fraction of sp³-hybridized carbons (Fsp3) is 1.00.